The van der Waals surface area contributed by atoms with E-state index in [0.29, 0.717) is 5.92 Å². The Bertz CT molecular complexity index is 482. The summed E-state index contributed by atoms with van der Waals surface area (Å²) < 4.78 is 0. The second kappa shape index (κ2) is 9.66. The molecule has 0 N–H and O–H groups in total. The molecule has 0 bridgehead atoms. The Kier molecular flexibility index (Phi) is 8.24. The Hall–Kier alpha value is -1.30. The van der Waals surface area contributed by atoms with Crippen molar-refractivity contribution in [3.63, 3.8) is 0 Å². The number of hydrogen-bond acceptors (Lipinski definition) is 0. The van der Waals surface area contributed by atoms with Gasteiger partial charge in [-0.1, -0.05) is 45.6 Å². The van der Waals surface area contributed by atoms with E-state index in [1.165, 1.54) is 36.8 Å². The van der Waals surface area contributed by atoms with E-state index in [2.05, 4.69) is 39.2 Å². The predicted octanol–water partition coefficient (Wildman–Crippen LogP) is 7.32. The maximum atomic E-state index is 4.37. The molecule has 0 aromatic heterocycles. The zero-order valence-electron chi connectivity index (χ0n) is 15.2. The van der Waals surface area contributed by atoms with Crippen molar-refractivity contribution in [2.45, 2.75) is 72.6 Å². The van der Waals surface area contributed by atoms with Gasteiger partial charge in [0.2, 0.25) is 0 Å². The number of hydrogen-bond donors (Lipinski definition) is 0. The van der Waals surface area contributed by atoms with Crippen molar-refractivity contribution in [2.24, 2.45) is 5.92 Å². The zero-order chi connectivity index (χ0) is 16.5. The normalized spacial score (nSPS) is 18.4. The van der Waals surface area contributed by atoms with Gasteiger partial charge in [0.1, 0.15) is 0 Å². The van der Waals surface area contributed by atoms with Crippen LogP contribution in [0.1, 0.15) is 72.6 Å². The average Bonchev–Trinajstić information content (AvgIpc) is 3.13. The van der Waals surface area contributed by atoms with Crippen LogP contribution in [-0.4, -0.2) is 0 Å². The second-order valence-corrected chi connectivity index (χ2v) is 6.22. The van der Waals surface area contributed by atoms with Crippen LogP contribution in [0.25, 0.3) is 0 Å². The SMILES string of the molecule is C=CCC(C)CCC(=C)/C(=C\C)C1=C2CCCC2=CC1.CC. The molecule has 2 rings (SSSR count). The Balaban J connectivity index is 0.00000116. The minimum absolute atomic E-state index is 0.712. The van der Waals surface area contributed by atoms with Crippen LogP contribution in [0.2, 0.25) is 0 Å². The van der Waals surface area contributed by atoms with Gasteiger partial charge in [0.05, 0.1) is 0 Å². The second-order valence-electron chi connectivity index (χ2n) is 6.22. The van der Waals surface area contributed by atoms with Crippen LogP contribution in [0.4, 0.5) is 0 Å². The highest BCUT2D eigenvalue weighted by Crippen LogP contribution is 2.43. The molecule has 0 heterocycles. The monoisotopic (exact) mass is 298 g/mol. The van der Waals surface area contributed by atoms with E-state index in [9.17, 15) is 0 Å². The largest absolute Gasteiger partial charge is 0.103 e. The topological polar surface area (TPSA) is 0 Å². The van der Waals surface area contributed by atoms with E-state index < -0.39 is 0 Å². The first kappa shape index (κ1) is 18.7. The van der Waals surface area contributed by atoms with Crippen LogP contribution >= 0.6 is 0 Å². The van der Waals surface area contributed by atoms with Crippen LogP contribution in [-0.2, 0) is 0 Å². The summed E-state index contributed by atoms with van der Waals surface area (Å²) in [6.07, 6.45) is 15.2. The molecule has 0 amide bonds. The molecule has 0 spiro atoms. The smallest absolute Gasteiger partial charge is 0.00828 e. The molecule has 2 aliphatic carbocycles. The fourth-order valence-corrected chi connectivity index (χ4v) is 3.51. The molecule has 0 aromatic rings. The lowest BCUT2D eigenvalue weighted by Gasteiger charge is -2.16. The number of rotatable bonds is 7. The van der Waals surface area contributed by atoms with Crippen LogP contribution in [0.5, 0.6) is 0 Å². The van der Waals surface area contributed by atoms with Crippen molar-refractivity contribution in [1.82, 2.24) is 0 Å². The highest BCUT2D eigenvalue weighted by molar-refractivity contribution is 5.58. The van der Waals surface area contributed by atoms with Gasteiger partial charge in [-0.2, -0.15) is 0 Å². The zero-order valence-corrected chi connectivity index (χ0v) is 15.2. The number of fused-ring (bicyclic) bond motifs is 1. The summed E-state index contributed by atoms with van der Waals surface area (Å²) in [6, 6.07) is 0. The van der Waals surface area contributed by atoms with Crippen LogP contribution in [0.3, 0.4) is 0 Å². The molecule has 0 saturated heterocycles. The van der Waals surface area contributed by atoms with E-state index in [1.54, 1.807) is 16.7 Å². The van der Waals surface area contributed by atoms with E-state index in [-0.39, 0.29) is 0 Å². The van der Waals surface area contributed by atoms with Crippen molar-refractivity contribution in [2.75, 3.05) is 0 Å². The van der Waals surface area contributed by atoms with Crippen LogP contribution in [0.15, 0.2) is 59.3 Å². The third-order valence-electron chi connectivity index (χ3n) is 4.68. The lowest BCUT2D eigenvalue weighted by atomic mass is 9.89. The fourth-order valence-electron chi connectivity index (χ4n) is 3.51. The molecule has 0 radical (unpaired) electrons. The summed E-state index contributed by atoms with van der Waals surface area (Å²) >= 11 is 0. The Labute approximate surface area is 138 Å². The molecule has 22 heavy (non-hydrogen) atoms. The van der Waals surface area contributed by atoms with Gasteiger partial charge in [0.15, 0.2) is 0 Å². The summed E-state index contributed by atoms with van der Waals surface area (Å²) in [5, 5.41) is 0. The Morgan fingerprint density at radius 3 is 2.68 bits per heavy atom. The van der Waals surface area contributed by atoms with Crippen molar-refractivity contribution in [3.05, 3.63) is 59.3 Å². The molecule has 0 aliphatic heterocycles. The molecule has 1 atom stereocenters. The standard InChI is InChI=1S/C20H28.C2H6/c1-5-8-15(3)11-12-16(4)18(6-2)20-14-13-17-9-7-10-19(17)20;1-2/h5-6,13,15H,1,4,7-12,14H2,2-3H3;1-2H3/b18-6+;. The minimum atomic E-state index is 0.712. The van der Waals surface area contributed by atoms with Gasteiger partial charge in [-0.25, -0.2) is 0 Å². The molecule has 122 valence electrons. The minimum Gasteiger partial charge on any atom is -0.103 e. The van der Waals surface area contributed by atoms with Crippen molar-refractivity contribution < 1.29 is 0 Å². The molecule has 2 aliphatic rings. The summed E-state index contributed by atoms with van der Waals surface area (Å²) in [6.45, 7) is 16.7. The van der Waals surface area contributed by atoms with Crippen molar-refractivity contribution in [3.8, 4) is 0 Å². The average molecular weight is 299 g/mol. The van der Waals surface area contributed by atoms with E-state index >= 15 is 0 Å². The summed E-state index contributed by atoms with van der Waals surface area (Å²) in [5.41, 5.74) is 7.58. The van der Waals surface area contributed by atoms with Crippen LogP contribution < -0.4 is 0 Å². The van der Waals surface area contributed by atoms with Gasteiger partial charge >= 0.3 is 0 Å². The Morgan fingerprint density at radius 2 is 2.05 bits per heavy atom. The molecular formula is C22H34. The van der Waals surface area contributed by atoms with Gasteiger partial charge in [-0.3, -0.25) is 0 Å². The lowest BCUT2D eigenvalue weighted by Crippen LogP contribution is -1.98. The molecular weight excluding hydrogens is 264 g/mol. The maximum absolute atomic E-state index is 4.37. The molecule has 1 unspecified atom stereocenters. The molecule has 0 nitrogen and oxygen atoms in total. The summed E-state index contributed by atoms with van der Waals surface area (Å²) in [7, 11) is 0. The van der Waals surface area contributed by atoms with Gasteiger partial charge in [-0.05, 0) is 85.7 Å². The maximum Gasteiger partial charge on any atom is -0.00828 e. The summed E-state index contributed by atoms with van der Waals surface area (Å²) in [4.78, 5) is 0. The molecule has 1 saturated carbocycles. The highest BCUT2D eigenvalue weighted by Gasteiger charge is 2.24. The lowest BCUT2D eigenvalue weighted by molar-refractivity contribution is 0.541. The van der Waals surface area contributed by atoms with E-state index in [0.717, 1.165) is 19.3 Å². The quantitative estimate of drug-likeness (QED) is 0.341. The molecule has 0 heteroatoms. The van der Waals surface area contributed by atoms with E-state index in [1.807, 2.05) is 19.9 Å². The third kappa shape index (κ3) is 4.60. The van der Waals surface area contributed by atoms with Gasteiger partial charge < -0.3 is 0 Å². The molecule has 1 fully saturated rings. The third-order valence-corrected chi connectivity index (χ3v) is 4.68. The first-order chi connectivity index (χ1) is 10.7. The highest BCUT2D eigenvalue weighted by atomic mass is 14.3. The van der Waals surface area contributed by atoms with Crippen LogP contribution in [0, 0.1) is 5.92 Å². The van der Waals surface area contributed by atoms with Gasteiger partial charge in [0, 0.05) is 0 Å². The summed E-state index contributed by atoms with van der Waals surface area (Å²) in [5.74, 6) is 0.712. The predicted molar refractivity (Wildman–Crippen MR) is 101 cm³/mol. The van der Waals surface area contributed by atoms with Crippen molar-refractivity contribution in [1.29, 1.82) is 0 Å². The fraction of sp³-hybridized carbons (Fsp3) is 0.545. The van der Waals surface area contributed by atoms with Gasteiger partial charge in [0.25, 0.3) is 0 Å². The first-order valence-corrected chi connectivity index (χ1v) is 9.04. The van der Waals surface area contributed by atoms with Crippen molar-refractivity contribution >= 4 is 0 Å². The Morgan fingerprint density at radius 1 is 1.32 bits per heavy atom. The first-order valence-electron chi connectivity index (χ1n) is 9.04. The van der Waals surface area contributed by atoms with E-state index in [4.69, 9.17) is 0 Å². The number of allylic oxidation sites excluding steroid dienone is 8. The van der Waals surface area contributed by atoms with Gasteiger partial charge in [-0.15, -0.1) is 6.58 Å². The molecule has 0 aromatic carbocycles.